The largest absolute Gasteiger partial charge is 0.424 e. The van der Waals surface area contributed by atoms with Crippen LogP contribution in [0.5, 0.6) is 0 Å². The average molecular weight is 405 g/mol. The number of aromatic nitrogens is 1. The summed E-state index contributed by atoms with van der Waals surface area (Å²) in [5.74, 6) is 0.329. The van der Waals surface area contributed by atoms with Gasteiger partial charge in [0.2, 0.25) is 0 Å². The number of rotatable bonds is 4. The number of hydrogen-bond acceptors (Lipinski definition) is 3. The number of nitrogens with one attached hydrogen (secondary N) is 1. The Bertz CT molecular complexity index is 997. The molecule has 0 fully saturated rings. The van der Waals surface area contributed by atoms with E-state index >= 15 is 0 Å². The van der Waals surface area contributed by atoms with E-state index in [1.807, 2.05) is 0 Å². The number of oxazole rings is 1. The van der Waals surface area contributed by atoms with E-state index in [4.69, 9.17) is 16.0 Å². The summed E-state index contributed by atoms with van der Waals surface area (Å²) >= 11 is 5.88. The maximum Gasteiger partial charge on any atom is 0.390 e. The molecule has 1 atom stereocenters. The fourth-order valence-corrected chi connectivity index (χ4v) is 3.70. The zero-order valence-electron chi connectivity index (χ0n) is 14.6. The lowest BCUT2D eigenvalue weighted by Gasteiger charge is -2.34. The van der Waals surface area contributed by atoms with E-state index in [1.54, 1.807) is 66.7 Å². The molecule has 0 saturated carbocycles. The number of nitrogens with zero attached hydrogens (tertiary/aromatic N) is 1. The second-order valence-electron chi connectivity index (χ2n) is 6.71. The first-order valence-corrected chi connectivity index (χ1v) is 9.06. The third-order valence-electron chi connectivity index (χ3n) is 4.77. The monoisotopic (exact) mass is 404 g/mol. The highest BCUT2D eigenvalue weighted by atomic mass is 35.5. The Labute approximate surface area is 164 Å². The van der Waals surface area contributed by atoms with E-state index < -0.39 is 18.0 Å². The number of alkyl halides is 3. The molecule has 0 radical (unpaired) electrons. The number of fused-ring (bicyclic) bond motifs is 1. The molecule has 0 amide bonds. The van der Waals surface area contributed by atoms with Gasteiger partial charge in [-0.25, -0.2) is 0 Å². The molecule has 0 bridgehead atoms. The summed E-state index contributed by atoms with van der Waals surface area (Å²) in [4.78, 5) is 4.42. The van der Waals surface area contributed by atoms with Crippen molar-refractivity contribution >= 4 is 29.4 Å². The van der Waals surface area contributed by atoms with Crippen molar-refractivity contribution in [3.8, 4) is 0 Å². The Kier molecular flexibility index (Phi) is 4.67. The van der Waals surface area contributed by atoms with Crippen molar-refractivity contribution in [3.05, 3.63) is 82.7 Å². The van der Waals surface area contributed by atoms with Crippen LogP contribution in [0.2, 0.25) is 5.02 Å². The van der Waals surface area contributed by atoms with Crippen LogP contribution >= 0.6 is 11.6 Å². The van der Waals surface area contributed by atoms with Gasteiger partial charge in [0.25, 0.3) is 6.01 Å². The minimum Gasteiger partial charge on any atom is -0.424 e. The van der Waals surface area contributed by atoms with Crippen LogP contribution in [0.15, 0.2) is 65.1 Å². The van der Waals surface area contributed by atoms with Crippen LogP contribution < -0.4 is 5.32 Å². The van der Waals surface area contributed by atoms with Gasteiger partial charge in [0.15, 0.2) is 5.76 Å². The van der Waals surface area contributed by atoms with Crippen LogP contribution in [0.3, 0.4) is 0 Å². The summed E-state index contributed by atoms with van der Waals surface area (Å²) in [6, 6.07) is 15.7. The maximum atomic E-state index is 13.5. The van der Waals surface area contributed by atoms with Gasteiger partial charge in [-0.05, 0) is 42.3 Å². The first kappa shape index (κ1) is 18.6. The van der Waals surface area contributed by atoms with Gasteiger partial charge in [-0.3, -0.25) is 0 Å². The molecule has 0 aliphatic heterocycles. The Morgan fingerprint density at radius 2 is 1.79 bits per heavy atom. The smallest absolute Gasteiger partial charge is 0.390 e. The molecule has 144 valence electrons. The second-order valence-corrected chi connectivity index (χ2v) is 7.15. The highest BCUT2D eigenvalue weighted by molar-refractivity contribution is 6.30. The Morgan fingerprint density at radius 3 is 2.46 bits per heavy atom. The van der Waals surface area contributed by atoms with E-state index in [0.717, 1.165) is 0 Å². The van der Waals surface area contributed by atoms with E-state index in [2.05, 4.69) is 10.3 Å². The molecule has 1 unspecified atom stereocenters. The van der Waals surface area contributed by atoms with Crippen molar-refractivity contribution < 1.29 is 17.6 Å². The summed E-state index contributed by atoms with van der Waals surface area (Å²) in [6.07, 6.45) is -1.81. The second kappa shape index (κ2) is 7.02. The lowest BCUT2D eigenvalue weighted by Crippen LogP contribution is -2.35. The van der Waals surface area contributed by atoms with Crippen LogP contribution in [-0.4, -0.2) is 11.2 Å². The number of allylic oxidation sites excluding steroid dienone is 1. The molecule has 4 rings (SSSR count). The highest BCUT2D eigenvalue weighted by Crippen LogP contribution is 2.48. The van der Waals surface area contributed by atoms with Crippen LogP contribution in [-0.2, 0) is 5.41 Å². The number of hydrogen-bond donors (Lipinski definition) is 1. The van der Waals surface area contributed by atoms with Gasteiger partial charge < -0.3 is 9.73 Å². The molecule has 3 aromatic rings. The summed E-state index contributed by atoms with van der Waals surface area (Å²) in [7, 11) is 0. The molecular weight excluding hydrogens is 389 g/mol. The van der Waals surface area contributed by atoms with Crippen LogP contribution in [0.25, 0.3) is 6.08 Å². The molecule has 28 heavy (non-hydrogen) atoms. The van der Waals surface area contributed by atoms with Gasteiger partial charge in [0.1, 0.15) is 0 Å². The predicted molar refractivity (Wildman–Crippen MR) is 103 cm³/mol. The van der Waals surface area contributed by atoms with Crippen molar-refractivity contribution in [1.82, 2.24) is 4.98 Å². The number of halogens is 4. The molecule has 0 saturated heterocycles. The van der Waals surface area contributed by atoms with E-state index in [0.29, 0.717) is 22.0 Å². The highest BCUT2D eigenvalue weighted by Gasteiger charge is 2.48. The average Bonchev–Trinajstić information content (AvgIpc) is 3.07. The van der Waals surface area contributed by atoms with E-state index in [9.17, 15) is 13.2 Å². The van der Waals surface area contributed by atoms with Crippen molar-refractivity contribution in [2.75, 3.05) is 5.32 Å². The number of anilines is 2. The Hall–Kier alpha value is -2.73. The van der Waals surface area contributed by atoms with E-state index in [-0.39, 0.29) is 18.1 Å². The predicted octanol–water partition coefficient (Wildman–Crippen LogP) is 6.73. The molecule has 1 aliphatic carbocycles. The lowest BCUT2D eigenvalue weighted by molar-refractivity contribution is -0.145. The van der Waals surface area contributed by atoms with Gasteiger partial charge in [0.05, 0.1) is 17.5 Å². The fraction of sp³-hybridized carbons (Fsp3) is 0.190. The molecule has 1 N–H and O–H groups in total. The first-order chi connectivity index (χ1) is 13.4. The standard InChI is InChI=1S/C21H16ClF3N2O/c22-15-8-10-16(11-9-15)26-19-27-18-17(28-19)7-4-12-20(18,13-21(23,24)25)14-5-2-1-3-6-14/h1-11H,12-13H2,(H,26,27). The van der Waals surface area contributed by atoms with E-state index in [1.165, 1.54) is 0 Å². The zero-order chi connectivity index (χ0) is 19.8. The quantitative estimate of drug-likeness (QED) is 0.524. The summed E-state index contributed by atoms with van der Waals surface area (Å²) in [5.41, 5.74) is 0.194. The van der Waals surface area contributed by atoms with Crippen LogP contribution in [0.1, 0.15) is 29.9 Å². The molecule has 7 heteroatoms. The van der Waals surface area contributed by atoms with Crippen LogP contribution in [0, 0.1) is 0 Å². The normalized spacial score (nSPS) is 18.7. The third kappa shape index (κ3) is 3.64. The minimum atomic E-state index is -4.36. The number of benzene rings is 2. The Morgan fingerprint density at radius 1 is 1.07 bits per heavy atom. The van der Waals surface area contributed by atoms with Crippen molar-refractivity contribution in [2.24, 2.45) is 0 Å². The minimum absolute atomic E-state index is 0.140. The van der Waals surface area contributed by atoms with Crippen molar-refractivity contribution in [2.45, 2.75) is 24.4 Å². The topological polar surface area (TPSA) is 38.1 Å². The zero-order valence-corrected chi connectivity index (χ0v) is 15.4. The molecular formula is C21H16ClF3N2O. The summed E-state index contributed by atoms with van der Waals surface area (Å²) in [5, 5.41) is 3.57. The first-order valence-electron chi connectivity index (χ1n) is 8.68. The van der Waals surface area contributed by atoms with Gasteiger partial charge in [0, 0.05) is 10.7 Å². The molecule has 1 aromatic heterocycles. The molecule has 0 spiro atoms. The molecule has 1 heterocycles. The van der Waals surface area contributed by atoms with Gasteiger partial charge in [-0.2, -0.15) is 18.2 Å². The van der Waals surface area contributed by atoms with Crippen molar-refractivity contribution in [1.29, 1.82) is 0 Å². The fourth-order valence-electron chi connectivity index (χ4n) is 3.57. The summed E-state index contributed by atoms with van der Waals surface area (Å²) < 4.78 is 46.4. The lowest BCUT2D eigenvalue weighted by atomic mass is 9.69. The maximum absolute atomic E-state index is 13.5. The Balaban J connectivity index is 1.78. The summed E-state index contributed by atoms with van der Waals surface area (Å²) in [6.45, 7) is 0. The van der Waals surface area contributed by atoms with Gasteiger partial charge in [-0.1, -0.05) is 48.0 Å². The molecule has 1 aliphatic rings. The van der Waals surface area contributed by atoms with Crippen molar-refractivity contribution in [3.63, 3.8) is 0 Å². The van der Waals surface area contributed by atoms with Crippen LogP contribution in [0.4, 0.5) is 24.9 Å². The van der Waals surface area contributed by atoms with Gasteiger partial charge in [-0.15, -0.1) is 0 Å². The molecule has 2 aromatic carbocycles. The SMILES string of the molecule is FC(F)(F)CC1(c2ccccc2)CC=Cc2oc(Nc3ccc(Cl)cc3)nc21. The third-order valence-corrected chi connectivity index (χ3v) is 5.02. The molecule has 3 nitrogen and oxygen atoms in total. The van der Waals surface area contributed by atoms with Gasteiger partial charge >= 0.3 is 6.18 Å².